The van der Waals surface area contributed by atoms with Crippen molar-refractivity contribution in [1.29, 1.82) is 0 Å². The Balaban J connectivity index is 2.07. The molecule has 5 heteroatoms. The molecule has 0 saturated heterocycles. The predicted octanol–water partition coefficient (Wildman–Crippen LogP) is 3.49. The highest BCUT2D eigenvalue weighted by atomic mass is 32.1. The van der Waals surface area contributed by atoms with Crippen LogP contribution in [0.1, 0.15) is 32.2 Å². The minimum absolute atomic E-state index is 0.175. The van der Waals surface area contributed by atoms with Crippen LogP contribution in [0.4, 0.5) is 0 Å². The molecule has 0 aliphatic heterocycles. The molecular weight excluding hydrogens is 270 g/mol. The second-order valence-corrected chi connectivity index (χ2v) is 5.93. The third-order valence-corrected chi connectivity index (χ3v) is 3.59. The van der Waals surface area contributed by atoms with E-state index in [2.05, 4.69) is 22.4 Å². The van der Waals surface area contributed by atoms with Gasteiger partial charge >= 0.3 is 0 Å². The first-order chi connectivity index (χ1) is 9.69. The predicted molar refractivity (Wildman–Crippen MR) is 83.1 cm³/mol. The molecule has 20 heavy (non-hydrogen) atoms. The third kappa shape index (κ3) is 4.28. The Labute approximate surface area is 124 Å². The standard InChI is InChI=1S/C15H21N3OS/c1-4-8-16-10-14-17-18-15(20-14)12-6-5-7-13(9-12)19-11(2)3/h5-7,9,11,16H,4,8,10H2,1-3H3. The highest BCUT2D eigenvalue weighted by molar-refractivity contribution is 7.14. The zero-order chi connectivity index (χ0) is 14.4. The van der Waals surface area contributed by atoms with Crippen LogP contribution in [0, 0.1) is 0 Å². The van der Waals surface area contributed by atoms with Crippen LogP contribution >= 0.6 is 11.3 Å². The number of aromatic nitrogens is 2. The van der Waals surface area contributed by atoms with Crippen LogP contribution < -0.4 is 10.1 Å². The first-order valence-corrected chi connectivity index (χ1v) is 7.81. The van der Waals surface area contributed by atoms with Crippen LogP contribution in [0.5, 0.6) is 5.75 Å². The molecule has 0 spiro atoms. The highest BCUT2D eigenvalue weighted by Gasteiger charge is 2.08. The lowest BCUT2D eigenvalue weighted by Gasteiger charge is -2.09. The molecule has 0 bridgehead atoms. The van der Waals surface area contributed by atoms with E-state index in [9.17, 15) is 0 Å². The molecular formula is C15H21N3OS. The van der Waals surface area contributed by atoms with Crippen molar-refractivity contribution in [1.82, 2.24) is 15.5 Å². The molecule has 0 aliphatic carbocycles. The second-order valence-electron chi connectivity index (χ2n) is 4.87. The Kier molecular flexibility index (Phi) is 5.49. The molecule has 1 aromatic carbocycles. The van der Waals surface area contributed by atoms with Crippen molar-refractivity contribution in [2.75, 3.05) is 6.54 Å². The lowest BCUT2D eigenvalue weighted by atomic mass is 10.2. The summed E-state index contributed by atoms with van der Waals surface area (Å²) in [5, 5.41) is 13.8. The SMILES string of the molecule is CCCNCc1nnc(-c2cccc(OC(C)C)c2)s1. The molecule has 1 aromatic heterocycles. The summed E-state index contributed by atoms with van der Waals surface area (Å²) < 4.78 is 5.71. The second kappa shape index (κ2) is 7.36. The van der Waals surface area contributed by atoms with Crippen molar-refractivity contribution in [3.05, 3.63) is 29.3 Å². The molecule has 0 saturated carbocycles. The lowest BCUT2D eigenvalue weighted by Crippen LogP contribution is -2.13. The van der Waals surface area contributed by atoms with Crippen molar-refractivity contribution >= 4 is 11.3 Å². The van der Waals surface area contributed by atoms with Gasteiger partial charge in [0.2, 0.25) is 0 Å². The van der Waals surface area contributed by atoms with E-state index in [1.54, 1.807) is 11.3 Å². The summed E-state index contributed by atoms with van der Waals surface area (Å²) in [6.45, 7) is 7.99. The topological polar surface area (TPSA) is 47.0 Å². The van der Waals surface area contributed by atoms with Crippen molar-refractivity contribution in [3.63, 3.8) is 0 Å². The monoisotopic (exact) mass is 291 g/mol. The zero-order valence-electron chi connectivity index (χ0n) is 12.2. The Hall–Kier alpha value is -1.46. The number of nitrogens with zero attached hydrogens (tertiary/aromatic N) is 2. The summed E-state index contributed by atoms with van der Waals surface area (Å²) in [7, 11) is 0. The van der Waals surface area contributed by atoms with E-state index in [-0.39, 0.29) is 6.10 Å². The first-order valence-electron chi connectivity index (χ1n) is 6.99. The molecule has 1 N–H and O–H groups in total. The fourth-order valence-electron chi connectivity index (χ4n) is 1.79. The summed E-state index contributed by atoms with van der Waals surface area (Å²) in [6, 6.07) is 8.01. The fraction of sp³-hybridized carbons (Fsp3) is 0.467. The zero-order valence-corrected chi connectivity index (χ0v) is 13.0. The number of hydrogen-bond acceptors (Lipinski definition) is 5. The van der Waals surface area contributed by atoms with Crippen LogP contribution in [0.3, 0.4) is 0 Å². The van der Waals surface area contributed by atoms with E-state index in [1.165, 1.54) is 0 Å². The van der Waals surface area contributed by atoms with Crippen molar-refractivity contribution < 1.29 is 4.74 Å². The van der Waals surface area contributed by atoms with E-state index in [0.717, 1.165) is 40.8 Å². The maximum Gasteiger partial charge on any atom is 0.147 e. The molecule has 0 aliphatic rings. The van der Waals surface area contributed by atoms with Gasteiger partial charge in [-0.1, -0.05) is 30.4 Å². The van der Waals surface area contributed by atoms with E-state index in [4.69, 9.17) is 4.74 Å². The Bertz CT molecular complexity index is 539. The Morgan fingerprint density at radius 3 is 2.90 bits per heavy atom. The van der Waals surface area contributed by atoms with Gasteiger partial charge in [-0.05, 0) is 38.9 Å². The number of nitrogens with one attached hydrogen (secondary N) is 1. The number of hydrogen-bond donors (Lipinski definition) is 1. The van der Waals surface area contributed by atoms with Gasteiger partial charge in [0, 0.05) is 12.1 Å². The molecule has 0 radical (unpaired) electrons. The van der Waals surface area contributed by atoms with Gasteiger partial charge in [0.15, 0.2) is 0 Å². The molecule has 1 heterocycles. The quantitative estimate of drug-likeness (QED) is 0.793. The highest BCUT2D eigenvalue weighted by Crippen LogP contribution is 2.27. The van der Waals surface area contributed by atoms with Gasteiger partial charge in [-0.25, -0.2) is 0 Å². The summed E-state index contributed by atoms with van der Waals surface area (Å²) in [6.07, 6.45) is 1.30. The van der Waals surface area contributed by atoms with Gasteiger partial charge in [-0.3, -0.25) is 0 Å². The number of ether oxygens (including phenoxy) is 1. The Morgan fingerprint density at radius 2 is 2.15 bits per heavy atom. The Morgan fingerprint density at radius 1 is 1.30 bits per heavy atom. The van der Waals surface area contributed by atoms with E-state index < -0.39 is 0 Å². The summed E-state index contributed by atoms with van der Waals surface area (Å²) in [4.78, 5) is 0. The largest absolute Gasteiger partial charge is 0.491 e. The van der Waals surface area contributed by atoms with Gasteiger partial charge in [0.1, 0.15) is 15.8 Å². The molecule has 2 rings (SSSR count). The van der Waals surface area contributed by atoms with Crippen LogP contribution in [0.2, 0.25) is 0 Å². The maximum atomic E-state index is 5.71. The number of benzene rings is 1. The molecule has 2 aromatic rings. The van der Waals surface area contributed by atoms with Gasteiger partial charge in [-0.2, -0.15) is 0 Å². The van der Waals surface area contributed by atoms with Gasteiger partial charge in [-0.15, -0.1) is 10.2 Å². The van der Waals surface area contributed by atoms with Crippen LogP contribution in [-0.4, -0.2) is 22.8 Å². The van der Waals surface area contributed by atoms with E-state index in [1.807, 2.05) is 38.1 Å². The minimum Gasteiger partial charge on any atom is -0.491 e. The molecule has 0 amide bonds. The summed E-state index contributed by atoms with van der Waals surface area (Å²) >= 11 is 1.62. The average Bonchev–Trinajstić information content (AvgIpc) is 2.87. The van der Waals surface area contributed by atoms with Crippen LogP contribution in [0.15, 0.2) is 24.3 Å². The fourth-order valence-corrected chi connectivity index (χ4v) is 2.59. The van der Waals surface area contributed by atoms with Gasteiger partial charge in [0.25, 0.3) is 0 Å². The molecule has 108 valence electrons. The van der Waals surface area contributed by atoms with E-state index >= 15 is 0 Å². The van der Waals surface area contributed by atoms with Crippen LogP contribution in [-0.2, 0) is 6.54 Å². The molecule has 4 nitrogen and oxygen atoms in total. The molecule has 0 unspecified atom stereocenters. The normalized spacial score (nSPS) is 11.0. The average molecular weight is 291 g/mol. The van der Waals surface area contributed by atoms with Crippen molar-refractivity contribution in [2.45, 2.75) is 39.8 Å². The first kappa shape index (κ1) is 14.9. The summed E-state index contributed by atoms with van der Waals surface area (Å²) in [5.41, 5.74) is 1.06. The molecule has 0 atom stereocenters. The number of rotatable bonds is 7. The smallest absolute Gasteiger partial charge is 0.147 e. The van der Waals surface area contributed by atoms with Crippen molar-refractivity contribution in [3.8, 4) is 16.3 Å². The maximum absolute atomic E-state index is 5.71. The van der Waals surface area contributed by atoms with E-state index in [0.29, 0.717) is 0 Å². The van der Waals surface area contributed by atoms with Gasteiger partial charge in [0.05, 0.1) is 6.10 Å². The third-order valence-electron chi connectivity index (χ3n) is 2.62. The summed E-state index contributed by atoms with van der Waals surface area (Å²) in [5.74, 6) is 0.873. The van der Waals surface area contributed by atoms with Gasteiger partial charge < -0.3 is 10.1 Å². The molecule has 0 fully saturated rings. The lowest BCUT2D eigenvalue weighted by molar-refractivity contribution is 0.242. The van der Waals surface area contributed by atoms with Crippen molar-refractivity contribution in [2.24, 2.45) is 0 Å². The minimum atomic E-state index is 0.175. The van der Waals surface area contributed by atoms with Crippen LogP contribution in [0.25, 0.3) is 10.6 Å².